The Morgan fingerprint density at radius 1 is 0.927 bits per heavy atom. The summed E-state index contributed by atoms with van der Waals surface area (Å²) in [4.78, 5) is 13.2. The summed E-state index contributed by atoms with van der Waals surface area (Å²) in [5.41, 5.74) is 10.7. The molecule has 3 aromatic carbocycles. The average Bonchev–Trinajstić information content (AvgIpc) is 2.96. The summed E-state index contributed by atoms with van der Waals surface area (Å²) >= 11 is 0. The predicted molar refractivity (Wildman–Crippen MR) is 160 cm³/mol. The minimum atomic E-state index is -0.722. The van der Waals surface area contributed by atoms with Gasteiger partial charge in [0, 0.05) is 31.8 Å². The summed E-state index contributed by atoms with van der Waals surface area (Å²) in [7, 11) is 0. The lowest BCUT2D eigenvalue weighted by Crippen LogP contribution is -2.46. The molecule has 0 aromatic heterocycles. The fourth-order valence-corrected chi connectivity index (χ4v) is 4.88. The maximum atomic E-state index is 13.8. The van der Waals surface area contributed by atoms with Crippen molar-refractivity contribution in [3.63, 3.8) is 0 Å². The Balaban J connectivity index is 1.65. The molecule has 3 rings (SSSR count). The second-order valence-electron chi connectivity index (χ2n) is 11.0. The molecule has 3 aromatic rings. The van der Waals surface area contributed by atoms with Crippen molar-refractivity contribution in [3.05, 3.63) is 106 Å². The molecule has 0 fully saturated rings. The Labute approximate surface area is 243 Å². The third kappa shape index (κ3) is 11.3. The maximum Gasteiger partial charge on any atom is 0.338 e. The first-order chi connectivity index (χ1) is 19.8. The van der Waals surface area contributed by atoms with Gasteiger partial charge in [-0.05, 0) is 84.5 Å². The van der Waals surface area contributed by atoms with E-state index < -0.39 is 29.7 Å². The molecule has 7 heteroatoms. The van der Waals surface area contributed by atoms with Crippen LogP contribution in [-0.2, 0) is 30.5 Å². The molecular weight excluding hydrogens is 522 g/mol. The number of ether oxygens (including phenoxy) is 1. The SMILES string of the molecule is CCc1cccc(CNC[C@@H](OC(=O)c2cccc(CCCCC[C@H](C)CO)c2)C(N)Cc2cc(F)cc(F)c2)c1. The number of carbonyl (C=O) groups excluding carboxylic acids is 1. The first kappa shape index (κ1) is 32.4. The van der Waals surface area contributed by atoms with Crippen LogP contribution in [0.4, 0.5) is 8.78 Å². The van der Waals surface area contributed by atoms with Crippen molar-refractivity contribution in [3.8, 4) is 0 Å². The zero-order valence-electron chi connectivity index (χ0n) is 24.3. The summed E-state index contributed by atoms with van der Waals surface area (Å²) in [6.07, 6.45) is 5.33. The van der Waals surface area contributed by atoms with Crippen LogP contribution in [0, 0.1) is 17.6 Å². The predicted octanol–water partition coefficient (Wildman–Crippen LogP) is 6.14. The average molecular weight is 567 g/mol. The van der Waals surface area contributed by atoms with Gasteiger partial charge in [0.05, 0.1) is 5.56 Å². The first-order valence-corrected chi connectivity index (χ1v) is 14.7. The van der Waals surface area contributed by atoms with E-state index in [0.29, 0.717) is 23.6 Å². The van der Waals surface area contributed by atoms with Gasteiger partial charge in [0.15, 0.2) is 0 Å². The van der Waals surface area contributed by atoms with Crippen LogP contribution < -0.4 is 11.1 Å². The van der Waals surface area contributed by atoms with E-state index in [0.717, 1.165) is 55.7 Å². The van der Waals surface area contributed by atoms with Crippen LogP contribution in [0.15, 0.2) is 66.7 Å². The molecule has 3 atom stereocenters. The molecule has 0 heterocycles. The van der Waals surface area contributed by atoms with Gasteiger partial charge in [-0.25, -0.2) is 13.6 Å². The van der Waals surface area contributed by atoms with Crippen molar-refractivity contribution in [1.29, 1.82) is 0 Å². The van der Waals surface area contributed by atoms with Crippen LogP contribution in [0.1, 0.15) is 72.1 Å². The van der Waals surface area contributed by atoms with Crippen molar-refractivity contribution < 1.29 is 23.4 Å². The minimum Gasteiger partial charge on any atom is -0.456 e. The van der Waals surface area contributed by atoms with Gasteiger partial charge in [-0.3, -0.25) is 0 Å². The molecule has 5 nitrogen and oxygen atoms in total. The third-order valence-electron chi connectivity index (χ3n) is 7.34. The second kappa shape index (κ2) is 17.0. The maximum absolute atomic E-state index is 13.8. The second-order valence-corrected chi connectivity index (χ2v) is 11.0. The number of halogens is 2. The van der Waals surface area contributed by atoms with Crippen LogP contribution in [-0.4, -0.2) is 36.4 Å². The fourth-order valence-electron chi connectivity index (χ4n) is 4.88. The Morgan fingerprint density at radius 3 is 2.37 bits per heavy atom. The Morgan fingerprint density at radius 2 is 1.63 bits per heavy atom. The van der Waals surface area contributed by atoms with Crippen LogP contribution in [0.3, 0.4) is 0 Å². The van der Waals surface area contributed by atoms with Crippen molar-refractivity contribution >= 4 is 5.97 Å². The molecule has 0 aliphatic carbocycles. The van der Waals surface area contributed by atoms with Gasteiger partial charge in [0.2, 0.25) is 0 Å². The van der Waals surface area contributed by atoms with Crippen LogP contribution in [0.25, 0.3) is 0 Å². The molecule has 0 bridgehead atoms. The summed E-state index contributed by atoms with van der Waals surface area (Å²) < 4.78 is 33.5. The third-order valence-corrected chi connectivity index (χ3v) is 7.34. The van der Waals surface area contributed by atoms with E-state index in [2.05, 4.69) is 24.4 Å². The molecule has 4 N–H and O–H groups in total. The number of unbranched alkanes of at least 4 members (excludes halogenated alkanes) is 2. The van der Waals surface area contributed by atoms with Gasteiger partial charge in [0.25, 0.3) is 0 Å². The Hall–Kier alpha value is -3.13. The van der Waals surface area contributed by atoms with E-state index in [9.17, 15) is 18.7 Å². The number of rotatable bonds is 17. The number of benzene rings is 3. The summed E-state index contributed by atoms with van der Waals surface area (Å²) in [6.45, 7) is 5.22. The molecule has 1 unspecified atom stereocenters. The van der Waals surface area contributed by atoms with E-state index in [-0.39, 0.29) is 19.6 Å². The topological polar surface area (TPSA) is 84.6 Å². The molecule has 0 radical (unpaired) electrons. The molecule has 0 saturated carbocycles. The first-order valence-electron chi connectivity index (χ1n) is 14.7. The monoisotopic (exact) mass is 566 g/mol. The minimum absolute atomic E-state index is 0.147. The van der Waals surface area contributed by atoms with E-state index in [1.165, 1.54) is 17.7 Å². The molecule has 41 heavy (non-hydrogen) atoms. The number of nitrogens with one attached hydrogen (secondary N) is 1. The lowest BCUT2D eigenvalue weighted by atomic mass is 10.0. The lowest BCUT2D eigenvalue weighted by Gasteiger charge is -2.25. The summed E-state index contributed by atoms with van der Waals surface area (Å²) in [5, 5.41) is 12.5. The molecule has 222 valence electrons. The molecule has 0 spiro atoms. The van der Waals surface area contributed by atoms with Gasteiger partial charge in [-0.2, -0.15) is 0 Å². The largest absolute Gasteiger partial charge is 0.456 e. The number of hydrogen-bond donors (Lipinski definition) is 3. The highest BCUT2D eigenvalue weighted by atomic mass is 19.1. The number of hydrogen-bond acceptors (Lipinski definition) is 5. The molecular formula is C34H44F2N2O3. The van der Waals surface area contributed by atoms with Gasteiger partial charge in [-0.15, -0.1) is 0 Å². The van der Waals surface area contributed by atoms with E-state index in [1.807, 2.05) is 37.3 Å². The zero-order chi connectivity index (χ0) is 29.6. The highest BCUT2D eigenvalue weighted by molar-refractivity contribution is 5.89. The molecule has 0 aliphatic heterocycles. The van der Waals surface area contributed by atoms with Gasteiger partial charge >= 0.3 is 5.97 Å². The van der Waals surface area contributed by atoms with Gasteiger partial charge in [0.1, 0.15) is 17.7 Å². The van der Waals surface area contributed by atoms with Crippen LogP contribution in [0.5, 0.6) is 0 Å². The number of esters is 1. The smallest absolute Gasteiger partial charge is 0.338 e. The van der Waals surface area contributed by atoms with Crippen molar-refractivity contribution in [1.82, 2.24) is 5.32 Å². The molecule has 0 amide bonds. The standard InChI is InChI=1S/C34H44F2N2O3/c1-3-25-11-7-13-27(15-25)21-38-22-33(32(37)19-28-17-30(35)20-31(36)18-28)41-34(40)29-14-8-12-26(16-29)10-6-4-5-9-24(2)23-39/h7-8,11-18,20,24,32-33,38-39H,3-6,9-10,19,21-23,37H2,1-2H3/t24-,32?,33+/m0/s1. The number of carbonyl (C=O) groups is 1. The van der Waals surface area contributed by atoms with Crippen LogP contribution >= 0.6 is 0 Å². The highest BCUT2D eigenvalue weighted by Gasteiger charge is 2.24. The number of aliphatic hydroxyl groups excluding tert-OH is 1. The quantitative estimate of drug-likeness (QED) is 0.135. The van der Waals surface area contributed by atoms with E-state index >= 15 is 0 Å². The van der Waals surface area contributed by atoms with Gasteiger partial charge in [-0.1, -0.05) is 63.1 Å². The fraction of sp³-hybridized carbons (Fsp3) is 0.441. The van der Waals surface area contributed by atoms with Crippen molar-refractivity contribution in [2.45, 2.75) is 77.5 Å². The Bertz CT molecular complexity index is 1220. The zero-order valence-corrected chi connectivity index (χ0v) is 24.3. The summed E-state index contributed by atoms with van der Waals surface area (Å²) in [5.74, 6) is -1.50. The van der Waals surface area contributed by atoms with E-state index in [1.54, 1.807) is 6.07 Å². The van der Waals surface area contributed by atoms with Crippen molar-refractivity contribution in [2.24, 2.45) is 11.7 Å². The molecule has 0 aliphatic rings. The Kier molecular flexibility index (Phi) is 13.4. The normalized spacial score (nSPS) is 13.5. The number of nitrogens with two attached hydrogens (primary N) is 1. The van der Waals surface area contributed by atoms with Crippen LogP contribution in [0.2, 0.25) is 0 Å². The summed E-state index contributed by atoms with van der Waals surface area (Å²) in [6, 6.07) is 18.3. The lowest BCUT2D eigenvalue weighted by molar-refractivity contribution is 0.0238. The van der Waals surface area contributed by atoms with Gasteiger partial charge < -0.3 is 20.9 Å². The van der Waals surface area contributed by atoms with Crippen molar-refractivity contribution in [2.75, 3.05) is 13.2 Å². The molecule has 0 saturated heterocycles. The number of aliphatic hydroxyl groups is 1. The highest BCUT2D eigenvalue weighted by Crippen LogP contribution is 2.16. The van der Waals surface area contributed by atoms with E-state index in [4.69, 9.17) is 10.5 Å². The number of aryl methyl sites for hydroxylation is 2.